The van der Waals surface area contributed by atoms with Crippen LogP contribution in [0.15, 0.2) is 0 Å². The minimum Gasteiger partial charge on any atom is -0.481 e. The van der Waals surface area contributed by atoms with Gasteiger partial charge in [-0.15, -0.1) is 0 Å². The van der Waals surface area contributed by atoms with Gasteiger partial charge in [0, 0.05) is 19.3 Å². The van der Waals surface area contributed by atoms with Crippen LogP contribution in [-0.2, 0) is 28.8 Å². The first-order chi connectivity index (χ1) is 13.4. The van der Waals surface area contributed by atoms with Crippen LogP contribution in [0.3, 0.4) is 0 Å². The Hall–Kier alpha value is -3.02. The monoisotopic (exact) mass is 417 g/mol. The van der Waals surface area contributed by atoms with E-state index in [1.54, 1.807) is 0 Å². The number of carboxylic acid groups (broad SMARTS) is 3. The number of carbonyl (C=O) groups excluding carboxylic acids is 3. The number of hydrogen-bond donors (Lipinski definition) is 6. The van der Waals surface area contributed by atoms with E-state index in [1.807, 2.05) is 0 Å². The quantitative estimate of drug-likeness (QED) is 0.188. The minimum atomic E-state index is -1.31. The summed E-state index contributed by atoms with van der Waals surface area (Å²) < 4.78 is 0. The maximum Gasteiger partial charge on any atom is 0.303 e. The lowest BCUT2D eigenvalue weighted by atomic mass is 10.0. The van der Waals surface area contributed by atoms with Gasteiger partial charge in [0.05, 0.1) is 12.1 Å². The summed E-state index contributed by atoms with van der Waals surface area (Å²) >= 11 is 0. The van der Waals surface area contributed by atoms with Gasteiger partial charge in [-0.3, -0.25) is 28.8 Å². The highest BCUT2D eigenvalue weighted by Gasteiger charge is 2.27. The van der Waals surface area contributed by atoms with Gasteiger partial charge in [-0.05, 0) is 32.6 Å². The van der Waals surface area contributed by atoms with E-state index in [1.165, 1.54) is 6.92 Å². The Morgan fingerprint density at radius 2 is 1.21 bits per heavy atom. The van der Waals surface area contributed by atoms with Gasteiger partial charge in [0.25, 0.3) is 0 Å². The van der Waals surface area contributed by atoms with Crippen molar-refractivity contribution in [1.82, 2.24) is 10.6 Å². The number of ketones is 1. The van der Waals surface area contributed by atoms with Crippen LogP contribution >= 0.6 is 0 Å². The van der Waals surface area contributed by atoms with Crippen molar-refractivity contribution in [3.8, 4) is 0 Å². The molecule has 0 unspecified atom stereocenters. The fraction of sp³-hybridized carbons (Fsp3) is 0.647. The molecule has 0 fully saturated rings. The molecule has 0 aliphatic carbocycles. The van der Waals surface area contributed by atoms with E-state index >= 15 is 0 Å². The van der Waals surface area contributed by atoms with Crippen LogP contribution in [0.5, 0.6) is 0 Å². The Labute approximate surface area is 166 Å². The summed E-state index contributed by atoms with van der Waals surface area (Å²) in [7, 11) is 0. The zero-order valence-corrected chi connectivity index (χ0v) is 16.1. The molecule has 0 rings (SSSR count). The molecule has 0 heterocycles. The van der Waals surface area contributed by atoms with Gasteiger partial charge in [-0.25, -0.2) is 0 Å². The van der Waals surface area contributed by atoms with E-state index in [-0.39, 0.29) is 38.5 Å². The molecule has 0 aromatic carbocycles. The minimum absolute atomic E-state index is 0.0606. The van der Waals surface area contributed by atoms with E-state index in [0.29, 0.717) is 0 Å². The fourth-order valence-corrected chi connectivity index (χ4v) is 2.33. The number of carbonyl (C=O) groups is 6. The first-order valence-corrected chi connectivity index (χ1v) is 8.96. The Kier molecular flexibility index (Phi) is 11.8. The third-order valence-electron chi connectivity index (χ3n) is 3.98. The van der Waals surface area contributed by atoms with Crippen LogP contribution in [0, 0.1) is 0 Å². The number of nitrogens with two attached hydrogens (primary N) is 1. The Balaban J connectivity index is 5.05. The molecule has 0 aromatic rings. The van der Waals surface area contributed by atoms with Crippen LogP contribution in [0.1, 0.15) is 51.9 Å². The summed E-state index contributed by atoms with van der Waals surface area (Å²) in [6.07, 6.45) is -1.28. The van der Waals surface area contributed by atoms with E-state index in [9.17, 15) is 28.8 Å². The molecule has 7 N–H and O–H groups in total. The standard InChI is InChI=1S/C17H27N3O9/c1-9(21)11(3-2-4-13(22)23)19-17(29)12(6-8-15(26)27)20-16(28)10(18)5-7-14(24)25/h10-12H,2-8,18H2,1H3,(H,19,29)(H,20,28)(H,22,23)(H,24,25)(H,26,27)/t10-,11-,12-/m0/s1. The lowest BCUT2D eigenvalue weighted by Gasteiger charge is -2.23. The van der Waals surface area contributed by atoms with Crippen molar-refractivity contribution in [2.45, 2.75) is 70.0 Å². The average molecular weight is 417 g/mol. The number of nitrogens with one attached hydrogen (secondary N) is 2. The molecule has 164 valence electrons. The summed E-state index contributed by atoms with van der Waals surface area (Å²) in [6.45, 7) is 1.21. The molecular weight excluding hydrogens is 390 g/mol. The summed E-state index contributed by atoms with van der Waals surface area (Å²) in [4.78, 5) is 68.2. The Morgan fingerprint density at radius 3 is 1.69 bits per heavy atom. The third kappa shape index (κ3) is 12.1. The summed E-state index contributed by atoms with van der Waals surface area (Å²) in [5, 5.41) is 30.8. The van der Waals surface area contributed by atoms with Crippen molar-refractivity contribution in [2.75, 3.05) is 0 Å². The Morgan fingerprint density at radius 1 is 0.724 bits per heavy atom. The van der Waals surface area contributed by atoms with Gasteiger partial charge >= 0.3 is 17.9 Å². The predicted octanol–water partition coefficient (Wildman–Crippen LogP) is -1.14. The molecule has 12 heteroatoms. The number of rotatable bonds is 15. The summed E-state index contributed by atoms with van der Waals surface area (Å²) in [6, 6.07) is -3.52. The summed E-state index contributed by atoms with van der Waals surface area (Å²) in [5.74, 6) is -5.50. The second-order valence-corrected chi connectivity index (χ2v) is 6.49. The molecule has 12 nitrogen and oxygen atoms in total. The van der Waals surface area contributed by atoms with E-state index in [4.69, 9.17) is 21.1 Å². The van der Waals surface area contributed by atoms with Crippen molar-refractivity contribution in [1.29, 1.82) is 0 Å². The molecule has 0 aliphatic heterocycles. The van der Waals surface area contributed by atoms with Crippen LogP contribution in [0.2, 0.25) is 0 Å². The number of hydrogen-bond acceptors (Lipinski definition) is 7. The molecule has 0 spiro atoms. The molecule has 0 saturated heterocycles. The maximum absolute atomic E-state index is 12.5. The molecule has 0 radical (unpaired) electrons. The van der Waals surface area contributed by atoms with Crippen LogP contribution in [0.4, 0.5) is 0 Å². The zero-order chi connectivity index (χ0) is 22.6. The van der Waals surface area contributed by atoms with E-state index in [2.05, 4.69) is 10.6 Å². The molecule has 0 bridgehead atoms. The highest BCUT2D eigenvalue weighted by Crippen LogP contribution is 2.06. The maximum atomic E-state index is 12.5. The largest absolute Gasteiger partial charge is 0.481 e. The molecule has 29 heavy (non-hydrogen) atoms. The highest BCUT2D eigenvalue weighted by molar-refractivity contribution is 5.93. The number of Topliss-reactive ketones (excluding diaryl/α,β-unsaturated/α-hetero) is 1. The smallest absolute Gasteiger partial charge is 0.303 e. The lowest BCUT2D eigenvalue weighted by molar-refractivity contribution is -0.139. The van der Waals surface area contributed by atoms with Gasteiger partial charge < -0.3 is 31.7 Å². The van der Waals surface area contributed by atoms with Gasteiger partial charge in [-0.1, -0.05) is 0 Å². The third-order valence-corrected chi connectivity index (χ3v) is 3.98. The predicted molar refractivity (Wildman–Crippen MR) is 97.7 cm³/mol. The molecule has 3 atom stereocenters. The summed E-state index contributed by atoms with van der Waals surface area (Å²) in [5.41, 5.74) is 5.58. The zero-order valence-electron chi connectivity index (χ0n) is 16.1. The number of carboxylic acids is 3. The highest BCUT2D eigenvalue weighted by atomic mass is 16.4. The number of amides is 2. The van der Waals surface area contributed by atoms with E-state index in [0.717, 1.165) is 0 Å². The van der Waals surface area contributed by atoms with Crippen molar-refractivity contribution in [3.63, 3.8) is 0 Å². The first kappa shape index (κ1) is 26.0. The van der Waals surface area contributed by atoms with Crippen LogP contribution < -0.4 is 16.4 Å². The normalized spacial score (nSPS) is 13.6. The first-order valence-electron chi connectivity index (χ1n) is 8.96. The van der Waals surface area contributed by atoms with Crippen molar-refractivity contribution < 1.29 is 44.1 Å². The van der Waals surface area contributed by atoms with Crippen molar-refractivity contribution in [3.05, 3.63) is 0 Å². The second kappa shape index (κ2) is 13.2. The second-order valence-electron chi connectivity index (χ2n) is 6.49. The molecule has 2 amide bonds. The molecular formula is C17H27N3O9. The van der Waals surface area contributed by atoms with Crippen LogP contribution in [-0.4, -0.2) is 69.0 Å². The average Bonchev–Trinajstić information content (AvgIpc) is 2.61. The Bertz CT molecular complexity index is 636. The molecule has 0 aromatic heterocycles. The van der Waals surface area contributed by atoms with Crippen molar-refractivity contribution >= 4 is 35.5 Å². The fourth-order valence-electron chi connectivity index (χ4n) is 2.33. The van der Waals surface area contributed by atoms with Crippen LogP contribution in [0.25, 0.3) is 0 Å². The van der Waals surface area contributed by atoms with Gasteiger partial charge in [0.15, 0.2) is 5.78 Å². The SMILES string of the molecule is CC(=O)[C@H](CCCC(=O)O)NC(=O)[C@H](CCC(=O)O)NC(=O)[C@@H](N)CCC(=O)O. The number of aliphatic carboxylic acids is 3. The molecule has 0 saturated carbocycles. The van der Waals surface area contributed by atoms with Gasteiger partial charge in [-0.2, -0.15) is 0 Å². The van der Waals surface area contributed by atoms with Gasteiger partial charge in [0.2, 0.25) is 11.8 Å². The van der Waals surface area contributed by atoms with E-state index < -0.39 is 60.1 Å². The van der Waals surface area contributed by atoms with Crippen molar-refractivity contribution in [2.24, 2.45) is 5.73 Å². The lowest BCUT2D eigenvalue weighted by Crippen LogP contribution is -2.54. The molecule has 0 aliphatic rings. The van der Waals surface area contributed by atoms with Gasteiger partial charge in [0.1, 0.15) is 6.04 Å². The topological polar surface area (TPSA) is 213 Å².